The summed E-state index contributed by atoms with van der Waals surface area (Å²) in [4.78, 5) is 8.11. The summed E-state index contributed by atoms with van der Waals surface area (Å²) in [6.45, 7) is 0. The summed E-state index contributed by atoms with van der Waals surface area (Å²) in [7, 11) is -4.67. The van der Waals surface area contributed by atoms with Gasteiger partial charge in [-0.3, -0.25) is 9.11 Å². The molecule has 0 aromatic carbocycles. The zero-order chi connectivity index (χ0) is 7.21. The Morgan fingerprint density at radius 2 is 1.22 bits per heavy atom. The number of nitrogens with zero attached hydrogens (tertiary/aromatic N) is 1. The van der Waals surface area contributed by atoms with Crippen LogP contribution in [0.2, 0.25) is 0 Å². The summed E-state index contributed by atoms with van der Waals surface area (Å²) in [5.74, 6) is 0. The van der Waals surface area contributed by atoms with E-state index in [4.69, 9.17) is 27.6 Å². The van der Waals surface area contributed by atoms with Crippen LogP contribution in [0.4, 0.5) is 0 Å². The predicted molar refractivity (Wildman–Crippen MR) is 21.8 cm³/mol. The molecule has 0 unspecified atom stereocenters. The number of rotatable bonds is 0. The summed E-state index contributed by atoms with van der Waals surface area (Å²) >= 11 is 0. The first-order valence-corrected chi connectivity index (χ1v) is 2.48. The Morgan fingerprint density at radius 3 is 1.22 bits per heavy atom. The average molecular weight is 201 g/mol. The van der Waals surface area contributed by atoms with Gasteiger partial charge in [-0.25, -0.2) is 0 Å². The van der Waals surface area contributed by atoms with Crippen molar-refractivity contribution in [3.05, 3.63) is 4.91 Å². The average Bonchev–Trinajstić information content (AvgIpc) is 1.27. The van der Waals surface area contributed by atoms with E-state index in [1.165, 1.54) is 5.34 Å². The Kier molecular flexibility index (Phi) is 13.8. The molecule has 58 valence electrons. The molecule has 9 heavy (non-hydrogen) atoms. The van der Waals surface area contributed by atoms with Crippen LogP contribution in [-0.4, -0.2) is 22.7 Å². The third kappa shape index (κ3) is 5890. The van der Waals surface area contributed by atoms with Crippen molar-refractivity contribution in [2.75, 3.05) is 0 Å². The molecule has 0 heterocycles. The van der Waals surface area contributed by atoms with E-state index in [1.54, 1.807) is 0 Å². The van der Waals surface area contributed by atoms with E-state index in [0.717, 1.165) is 0 Å². The number of hydrogen-bond acceptors (Lipinski definition) is 4. The van der Waals surface area contributed by atoms with Crippen molar-refractivity contribution in [1.29, 1.82) is 0 Å². The first-order valence-electron chi connectivity index (χ1n) is 1.08. The van der Waals surface area contributed by atoms with Crippen LogP contribution in [-0.2, 0) is 27.5 Å². The predicted octanol–water partition coefficient (Wildman–Crippen LogP) is -0.513. The van der Waals surface area contributed by atoms with E-state index in [1.807, 2.05) is 0 Å². The van der Waals surface area contributed by atoms with Crippen molar-refractivity contribution >= 4 is 10.4 Å². The molecule has 0 amide bonds. The van der Waals surface area contributed by atoms with Gasteiger partial charge in [0.1, 0.15) is 0 Å². The van der Waals surface area contributed by atoms with Crippen molar-refractivity contribution in [3.63, 3.8) is 0 Å². The van der Waals surface area contributed by atoms with Crippen LogP contribution in [0.1, 0.15) is 0 Å². The van der Waals surface area contributed by atoms with Gasteiger partial charge in [-0.05, 0) is 0 Å². The van der Waals surface area contributed by atoms with Crippen LogP contribution in [0.5, 0.6) is 0 Å². The summed E-state index contributed by atoms with van der Waals surface area (Å²) in [5.41, 5.74) is 0. The van der Waals surface area contributed by atoms with Crippen LogP contribution in [0, 0.1) is 4.91 Å². The molecule has 0 atom stereocenters. The number of hydrogen-bond donors (Lipinski definition) is 3. The summed E-state index contributed by atoms with van der Waals surface area (Å²) in [6, 6.07) is 0. The minimum atomic E-state index is -4.67. The van der Waals surface area contributed by atoms with E-state index in [0.29, 0.717) is 0 Å². The minimum Gasteiger partial charge on any atom is -0.379 e. The molecule has 3 N–H and O–H groups in total. The molecule has 0 aliphatic rings. The van der Waals surface area contributed by atoms with Gasteiger partial charge in [0.15, 0.2) is 5.34 Å². The molecule has 0 spiro atoms. The van der Waals surface area contributed by atoms with E-state index in [2.05, 4.69) is 0 Å². The maximum absolute atomic E-state index is 8.74. The quantitative estimate of drug-likeness (QED) is 0.209. The second kappa shape index (κ2) is 7.79. The summed E-state index contributed by atoms with van der Waals surface area (Å²) in [5, 5.41) is 7.89. The Balaban J connectivity index is -0.0000000800. The molecule has 0 rings (SSSR count). The van der Waals surface area contributed by atoms with Gasteiger partial charge in [0, 0.05) is 17.1 Å². The molecule has 0 fully saturated rings. The van der Waals surface area contributed by atoms with Gasteiger partial charge < -0.3 is 5.21 Å². The molecule has 0 saturated carbocycles. The van der Waals surface area contributed by atoms with Gasteiger partial charge >= 0.3 is 10.4 Å². The molecule has 0 aliphatic heterocycles. The molecule has 7 nitrogen and oxygen atoms in total. The van der Waals surface area contributed by atoms with Gasteiger partial charge in [0.25, 0.3) is 0 Å². The van der Waals surface area contributed by atoms with E-state index >= 15 is 0 Å². The fraction of sp³-hybridized carbons (Fsp3) is 0. The second-order valence-electron chi connectivity index (χ2n) is 0.529. The molecule has 0 aromatic rings. The second-order valence-corrected chi connectivity index (χ2v) is 1.43. The first kappa shape index (κ1) is 15.9. The molecular weight excluding hydrogens is 198 g/mol. The fourth-order valence-electron chi connectivity index (χ4n) is 0. The minimum absolute atomic E-state index is 0. The van der Waals surface area contributed by atoms with Crippen molar-refractivity contribution in [2.24, 2.45) is 5.34 Å². The van der Waals surface area contributed by atoms with Crippen LogP contribution >= 0.6 is 0 Å². The normalized spacial score (nSPS) is 7.78. The molecule has 0 saturated heterocycles. The van der Waals surface area contributed by atoms with Crippen LogP contribution < -0.4 is 0 Å². The van der Waals surface area contributed by atoms with Gasteiger partial charge in [-0.15, -0.1) is 4.91 Å². The van der Waals surface area contributed by atoms with Crippen molar-refractivity contribution in [2.45, 2.75) is 0 Å². The van der Waals surface area contributed by atoms with Gasteiger partial charge in [0.2, 0.25) is 0 Å². The largest absolute Gasteiger partial charge is 0.394 e. The van der Waals surface area contributed by atoms with Gasteiger partial charge in [-0.2, -0.15) is 8.42 Å². The molecule has 0 radical (unpaired) electrons. The first-order chi connectivity index (χ1) is 3.41. The monoisotopic (exact) mass is 201 g/mol. The zero-order valence-electron chi connectivity index (χ0n) is 3.78. The Morgan fingerprint density at radius 1 is 1.22 bits per heavy atom. The van der Waals surface area contributed by atoms with Crippen LogP contribution in [0.25, 0.3) is 0 Å². The molecule has 0 aromatic heterocycles. The molecule has 0 bridgehead atoms. The summed E-state index contributed by atoms with van der Waals surface area (Å²) < 4.78 is 31.6. The van der Waals surface area contributed by atoms with Crippen LogP contribution in [0.15, 0.2) is 5.34 Å². The third-order valence-corrected chi connectivity index (χ3v) is 0. The molecule has 0 aliphatic carbocycles. The standard InChI is InChI=1S/Fe.HNO2.H2O4S/c;2-1-3;1-5(2,3)4/h;(H,2,3);(H2,1,2,3,4). The van der Waals surface area contributed by atoms with Gasteiger partial charge in [0.05, 0.1) is 0 Å². The maximum Gasteiger partial charge on any atom is 0.394 e. The Labute approximate surface area is 61.1 Å². The SMILES string of the molecule is O=NO.O=S(=O)(O)O.[Fe]. The zero-order valence-corrected chi connectivity index (χ0v) is 5.70. The fourth-order valence-corrected chi connectivity index (χ4v) is 0. The molecule has 9 heteroatoms. The van der Waals surface area contributed by atoms with Crippen molar-refractivity contribution in [1.82, 2.24) is 0 Å². The third-order valence-electron chi connectivity index (χ3n) is 0. The van der Waals surface area contributed by atoms with Crippen LogP contribution in [0.3, 0.4) is 0 Å². The van der Waals surface area contributed by atoms with Crippen molar-refractivity contribution in [3.8, 4) is 0 Å². The van der Waals surface area contributed by atoms with E-state index < -0.39 is 10.4 Å². The maximum atomic E-state index is 8.74. The Hall–Kier alpha value is -0.211. The van der Waals surface area contributed by atoms with E-state index in [-0.39, 0.29) is 17.1 Å². The van der Waals surface area contributed by atoms with E-state index in [9.17, 15) is 0 Å². The smallest absolute Gasteiger partial charge is 0.379 e. The topological polar surface area (TPSA) is 124 Å². The van der Waals surface area contributed by atoms with Crippen molar-refractivity contribution < 1.29 is 39.8 Å². The Bertz CT molecular complexity index is 127. The summed E-state index contributed by atoms with van der Waals surface area (Å²) in [6.07, 6.45) is 0. The molecular formula is H3FeNO6S. The van der Waals surface area contributed by atoms with Gasteiger partial charge in [-0.1, -0.05) is 0 Å².